The number of nitrogens with one attached hydrogen (secondary N) is 1. The minimum atomic E-state index is -0.942. The number of ether oxygens (including phenoxy) is 2. The van der Waals surface area contributed by atoms with Gasteiger partial charge < -0.3 is 19.7 Å². The Morgan fingerprint density at radius 1 is 1.23 bits per heavy atom. The molecule has 8 heteroatoms. The van der Waals surface area contributed by atoms with Crippen molar-refractivity contribution >= 4 is 29.2 Å². The molecule has 0 radical (unpaired) electrons. The molecule has 1 N–H and O–H groups in total. The van der Waals surface area contributed by atoms with E-state index in [9.17, 15) is 14.4 Å². The number of para-hydroxylation sites is 2. The van der Waals surface area contributed by atoms with Gasteiger partial charge in [0.1, 0.15) is 5.75 Å². The summed E-state index contributed by atoms with van der Waals surface area (Å²) in [7, 11) is 0. The third kappa shape index (κ3) is 4.75. The fourth-order valence-electron chi connectivity index (χ4n) is 3.15. The summed E-state index contributed by atoms with van der Waals surface area (Å²) in [5.41, 5.74) is 1.56. The van der Waals surface area contributed by atoms with Gasteiger partial charge in [-0.25, -0.2) is 4.79 Å². The maximum Gasteiger partial charge on any atom is 0.347 e. The van der Waals surface area contributed by atoms with Gasteiger partial charge in [0, 0.05) is 12.5 Å². The van der Waals surface area contributed by atoms with Gasteiger partial charge in [0.25, 0.3) is 5.91 Å². The molecule has 8 nitrogen and oxygen atoms in total. The van der Waals surface area contributed by atoms with E-state index in [2.05, 4.69) is 5.32 Å². The SMILES string of the molecule is C[C@H](Oc1ccc(C#N)cc1)C(=O)OCC(=O)N1c2ccccc2NC(=O)C[C@@H]1C. The molecule has 0 unspecified atom stereocenters. The maximum absolute atomic E-state index is 12.8. The lowest BCUT2D eigenvalue weighted by Gasteiger charge is -2.27. The fourth-order valence-corrected chi connectivity index (χ4v) is 3.15. The van der Waals surface area contributed by atoms with Crippen LogP contribution in [0, 0.1) is 11.3 Å². The van der Waals surface area contributed by atoms with Crippen molar-refractivity contribution in [2.24, 2.45) is 0 Å². The van der Waals surface area contributed by atoms with Crippen LogP contribution < -0.4 is 15.0 Å². The first-order valence-electron chi connectivity index (χ1n) is 9.43. The Morgan fingerprint density at radius 2 is 1.93 bits per heavy atom. The number of anilines is 2. The summed E-state index contributed by atoms with van der Waals surface area (Å²) in [4.78, 5) is 38.6. The molecule has 0 spiro atoms. The molecule has 0 saturated heterocycles. The van der Waals surface area contributed by atoms with E-state index < -0.39 is 30.6 Å². The fraction of sp³-hybridized carbons (Fsp3) is 0.273. The van der Waals surface area contributed by atoms with Crippen LogP contribution in [0.1, 0.15) is 25.8 Å². The van der Waals surface area contributed by atoms with Gasteiger partial charge in [-0.2, -0.15) is 5.26 Å². The van der Waals surface area contributed by atoms with E-state index in [0.717, 1.165) is 0 Å². The smallest absolute Gasteiger partial charge is 0.347 e. The van der Waals surface area contributed by atoms with Gasteiger partial charge in [-0.1, -0.05) is 12.1 Å². The van der Waals surface area contributed by atoms with E-state index in [4.69, 9.17) is 14.7 Å². The number of esters is 1. The molecule has 3 rings (SSSR count). The second kappa shape index (κ2) is 9.09. The predicted octanol–water partition coefficient (Wildman–Crippen LogP) is 2.63. The van der Waals surface area contributed by atoms with E-state index in [1.165, 1.54) is 11.8 Å². The van der Waals surface area contributed by atoms with Crippen molar-refractivity contribution < 1.29 is 23.9 Å². The molecule has 2 aromatic carbocycles. The molecule has 2 aromatic rings. The van der Waals surface area contributed by atoms with Crippen LogP contribution in [0.3, 0.4) is 0 Å². The largest absolute Gasteiger partial charge is 0.479 e. The summed E-state index contributed by atoms with van der Waals surface area (Å²) in [6, 6.07) is 14.9. The molecular formula is C22H21N3O5. The second-order valence-electron chi connectivity index (χ2n) is 6.89. The van der Waals surface area contributed by atoms with Gasteiger partial charge in [0.2, 0.25) is 5.91 Å². The number of carbonyl (C=O) groups excluding carboxylic acids is 3. The number of benzene rings is 2. The number of hydrogen-bond acceptors (Lipinski definition) is 6. The predicted molar refractivity (Wildman–Crippen MR) is 109 cm³/mol. The van der Waals surface area contributed by atoms with Crippen molar-refractivity contribution in [2.45, 2.75) is 32.4 Å². The van der Waals surface area contributed by atoms with Crippen LogP contribution in [-0.2, 0) is 19.1 Å². The van der Waals surface area contributed by atoms with Crippen molar-refractivity contribution in [3.8, 4) is 11.8 Å². The maximum atomic E-state index is 12.8. The summed E-state index contributed by atoms with van der Waals surface area (Å²) in [5, 5.41) is 11.6. The number of nitrogens with zero attached hydrogens (tertiary/aromatic N) is 2. The van der Waals surface area contributed by atoms with Crippen molar-refractivity contribution in [1.29, 1.82) is 5.26 Å². The summed E-state index contributed by atoms with van der Waals surface area (Å²) in [6.07, 6.45) is -0.810. The van der Waals surface area contributed by atoms with E-state index in [1.54, 1.807) is 55.5 Å². The molecule has 0 aliphatic carbocycles. The Morgan fingerprint density at radius 3 is 2.63 bits per heavy atom. The Balaban J connectivity index is 1.63. The number of nitriles is 1. The summed E-state index contributed by atoms with van der Waals surface area (Å²) < 4.78 is 10.7. The monoisotopic (exact) mass is 407 g/mol. The zero-order valence-corrected chi connectivity index (χ0v) is 16.6. The van der Waals surface area contributed by atoms with Crippen LogP contribution in [0.4, 0.5) is 11.4 Å². The van der Waals surface area contributed by atoms with Crippen LogP contribution in [0.5, 0.6) is 5.75 Å². The summed E-state index contributed by atoms with van der Waals surface area (Å²) in [6.45, 7) is 2.79. The summed E-state index contributed by atoms with van der Waals surface area (Å²) in [5.74, 6) is -0.917. The van der Waals surface area contributed by atoms with E-state index >= 15 is 0 Å². The molecule has 0 saturated carbocycles. The number of carbonyl (C=O) groups is 3. The zero-order valence-electron chi connectivity index (χ0n) is 16.6. The van der Waals surface area contributed by atoms with Crippen LogP contribution in [-0.4, -0.2) is 36.5 Å². The Labute approximate surface area is 174 Å². The van der Waals surface area contributed by atoms with Gasteiger partial charge in [0.15, 0.2) is 12.7 Å². The molecule has 1 aliphatic heterocycles. The van der Waals surface area contributed by atoms with E-state index in [1.807, 2.05) is 6.07 Å². The molecule has 0 aromatic heterocycles. The second-order valence-corrected chi connectivity index (χ2v) is 6.89. The van der Waals surface area contributed by atoms with Gasteiger partial charge in [-0.15, -0.1) is 0 Å². The molecule has 1 aliphatic rings. The Bertz CT molecular complexity index is 997. The zero-order chi connectivity index (χ0) is 21.7. The average Bonchev–Trinajstić information content (AvgIpc) is 2.86. The standard InChI is InChI=1S/C22H21N3O5/c1-14-11-20(26)24-18-5-3-4-6-19(18)25(14)21(27)13-29-22(28)15(2)30-17-9-7-16(12-23)8-10-17/h3-10,14-15H,11,13H2,1-2H3,(H,24,26)/t14-,15-/m0/s1. The Hall–Kier alpha value is -3.86. The lowest BCUT2D eigenvalue weighted by molar-refractivity contribution is -0.154. The number of fused-ring (bicyclic) bond motifs is 1. The number of hydrogen-bond donors (Lipinski definition) is 1. The lowest BCUT2D eigenvalue weighted by Crippen LogP contribution is -2.42. The number of amides is 2. The molecule has 30 heavy (non-hydrogen) atoms. The minimum absolute atomic E-state index is 0.132. The normalized spacial score (nSPS) is 16.4. The van der Waals surface area contributed by atoms with Gasteiger partial charge in [-0.05, 0) is 50.2 Å². The first-order valence-corrected chi connectivity index (χ1v) is 9.43. The molecule has 1 heterocycles. The van der Waals surface area contributed by atoms with E-state index in [-0.39, 0.29) is 12.3 Å². The quantitative estimate of drug-likeness (QED) is 0.763. The summed E-state index contributed by atoms with van der Waals surface area (Å²) >= 11 is 0. The van der Waals surface area contributed by atoms with Crippen molar-refractivity contribution in [1.82, 2.24) is 0 Å². The number of rotatable bonds is 5. The van der Waals surface area contributed by atoms with Crippen LogP contribution in [0.25, 0.3) is 0 Å². The van der Waals surface area contributed by atoms with E-state index in [0.29, 0.717) is 22.7 Å². The van der Waals surface area contributed by atoms with Gasteiger partial charge >= 0.3 is 5.97 Å². The van der Waals surface area contributed by atoms with Crippen LogP contribution in [0.15, 0.2) is 48.5 Å². The van der Waals surface area contributed by atoms with Crippen molar-refractivity contribution in [3.05, 3.63) is 54.1 Å². The molecule has 154 valence electrons. The first-order chi connectivity index (χ1) is 14.4. The topological polar surface area (TPSA) is 109 Å². The highest BCUT2D eigenvalue weighted by molar-refractivity contribution is 6.05. The molecule has 0 fully saturated rings. The highest BCUT2D eigenvalue weighted by Gasteiger charge is 2.30. The van der Waals surface area contributed by atoms with Crippen molar-refractivity contribution in [2.75, 3.05) is 16.8 Å². The minimum Gasteiger partial charge on any atom is -0.479 e. The van der Waals surface area contributed by atoms with Crippen LogP contribution >= 0.6 is 0 Å². The first kappa shape index (κ1) is 20.9. The van der Waals surface area contributed by atoms with Crippen molar-refractivity contribution in [3.63, 3.8) is 0 Å². The third-order valence-corrected chi connectivity index (χ3v) is 4.59. The van der Waals surface area contributed by atoms with Crippen LogP contribution in [0.2, 0.25) is 0 Å². The highest BCUT2D eigenvalue weighted by atomic mass is 16.6. The van der Waals surface area contributed by atoms with Gasteiger partial charge in [-0.3, -0.25) is 9.59 Å². The molecule has 2 amide bonds. The molecular weight excluding hydrogens is 386 g/mol. The molecule has 0 bridgehead atoms. The average molecular weight is 407 g/mol. The van der Waals surface area contributed by atoms with Gasteiger partial charge in [0.05, 0.1) is 23.0 Å². The highest BCUT2D eigenvalue weighted by Crippen LogP contribution is 2.31. The molecule has 2 atom stereocenters. The lowest BCUT2D eigenvalue weighted by atomic mass is 10.1. The third-order valence-electron chi connectivity index (χ3n) is 4.59. The Kier molecular flexibility index (Phi) is 6.32.